The van der Waals surface area contributed by atoms with Crippen molar-refractivity contribution < 1.29 is 9.53 Å². The fourth-order valence-electron chi connectivity index (χ4n) is 0.811. The maximum atomic E-state index is 11.4. The number of carbonyl (C=O) groups is 1. The minimum atomic E-state index is -0.425. The van der Waals surface area contributed by atoms with E-state index in [0.717, 1.165) is 0 Å². The first-order chi connectivity index (χ1) is 5.72. The van der Waals surface area contributed by atoms with Gasteiger partial charge in [-0.2, -0.15) is 12.6 Å². The third-order valence-corrected chi connectivity index (χ3v) is 1.41. The number of amides is 1. The van der Waals surface area contributed by atoms with E-state index < -0.39 is 5.60 Å². The minimum Gasteiger partial charge on any atom is -0.444 e. The lowest BCUT2D eigenvalue weighted by Crippen LogP contribution is -2.36. The van der Waals surface area contributed by atoms with Crippen LogP contribution in [0, 0.1) is 0 Å². The van der Waals surface area contributed by atoms with Gasteiger partial charge in [0.1, 0.15) is 5.60 Å². The van der Waals surface area contributed by atoms with Crippen molar-refractivity contribution in [2.75, 3.05) is 13.6 Å². The van der Waals surface area contributed by atoms with Crippen LogP contribution < -0.4 is 0 Å². The van der Waals surface area contributed by atoms with Crippen molar-refractivity contribution in [1.82, 2.24) is 4.90 Å². The first kappa shape index (κ1) is 12.6. The average molecular weight is 205 g/mol. The number of hydrogen-bond acceptors (Lipinski definition) is 3. The lowest BCUT2D eigenvalue weighted by molar-refractivity contribution is 0.0301. The summed E-state index contributed by atoms with van der Waals surface area (Å²) in [6.45, 7) is 8.08. The number of ether oxygens (including phenoxy) is 1. The molecule has 1 atom stereocenters. The van der Waals surface area contributed by atoms with Crippen LogP contribution in [0.3, 0.4) is 0 Å². The zero-order valence-electron chi connectivity index (χ0n) is 9.00. The fourth-order valence-corrected chi connectivity index (χ4v) is 1.06. The number of nitrogens with zero attached hydrogens (tertiary/aromatic N) is 1. The molecule has 0 bridgehead atoms. The lowest BCUT2D eigenvalue weighted by atomic mass is 10.2. The second kappa shape index (κ2) is 4.74. The first-order valence-electron chi connectivity index (χ1n) is 4.34. The molecule has 0 aliphatic heterocycles. The number of hydrogen-bond donors (Lipinski definition) is 1. The average Bonchev–Trinajstić information content (AvgIpc) is 1.81. The molecule has 1 unspecified atom stereocenters. The molecule has 0 spiro atoms. The highest BCUT2D eigenvalue weighted by Crippen LogP contribution is 2.09. The van der Waals surface area contributed by atoms with Gasteiger partial charge < -0.3 is 9.64 Å². The molecule has 0 saturated carbocycles. The Morgan fingerprint density at radius 2 is 2.00 bits per heavy atom. The van der Waals surface area contributed by atoms with Gasteiger partial charge >= 0.3 is 6.09 Å². The minimum absolute atomic E-state index is 0.164. The molecule has 0 aliphatic rings. The van der Waals surface area contributed by atoms with Crippen LogP contribution >= 0.6 is 12.6 Å². The molecular formula is C9H19NO2S. The molecule has 0 aliphatic carbocycles. The summed E-state index contributed by atoms with van der Waals surface area (Å²) in [6.07, 6.45) is -0.298. The van der Waals surface area contributed by atoms with E-state index >= 15 is 0 Å². The van der Waals surface area contributed by atoms with Crippen LogP contribution in [0.5, 0.6) is 0 Å². The highest BCUT2D eigenvalue weighted by molar-refractivity contribution is 7.80. The van der Waals surface area contributed by atoms with Crippen molar-refractivity contribution in [3.05, 3.63) is 0 Å². The van der Waals surface area contributed by atoms with Gasteiger partial charge in [-0.25, -0.2) is 4.79 Å². The van der Waals surface area contributed by atoms with Gasteiger partial charge in [-0.05, 0) is 20.8 Å². The Morgan fingerprint density at radius 3 is 2.31 bits per heavy atom. The molecule has 0 aromatic rings. The van der Waals surface area contributed by atoms with Crippen LogP contribution in [-0.2, 0) is 4.74 Å². The van der Waals surface area contributed by atoms with Crippen LogP contribution in [0.2, 0.25) is 0 Å². The first-order valence-corrected chi connectivity index (χ1v) is 4.86. The number of thiol groups is 1. The standard InChI is InChI=1S/C9H19NO2S/c1-7(13)6-10(5)8(11)12-9(2,3)4/h7,13H,6H2,1-5H3. The van der Waals surface area contributed by atoms with E-state index in [1.54, 1.807) is 7.05 Å². The smallest absolute Gasteiger partial charge is 0.410 e. The fraction of sp³-hybridized carbons (Fsp3) is 0.889. The monoisotopic (exact) mass is 205 g/mol. The van der Waals surface area contributed by atoms with Crippen LogP contribution in [-0.4, -0.2) is 35.4 Å². The Labute approximate surface area is 85.8 Å². The van der Waals surface area contributed by atoms with Crippen LogP contribution in [0.15, 0.2) is 0 Å². The van der Waals surface area contributed by atoms with Crippen molar-refractivity contribution >= 4 is 18.7 Å². The third-order valence-electron chi connectivity index (χ3n) is 1.24. The van der Waals surface area contributed by atoms with Gasteiger partial charge in [0.2, 0.25) is 0 Å². The van der Waals surface area contributed by atoms with Crippen molar-refractivity contribution in [3.63, 3.8) is 0 Å². The second-order valence-electron chi connectivity index (χ2n) is 4.21. The van der Waals surface area contributed by atoms with Crippen molar-refractivity contribution in [2.24, 2.45) is 0 Å². The second-order valence-corrected chi connectivity index (χ2v) is 5.09. The molecule has 13 heavy (non-hydrogen) atoms. The molecule has 78 valence electrons. The molecule has 0 radical (unpaired) electrons. The van der Waals surface area contributed by atoms with Gasteiger partial charge in [-0.15, -0.1) is 0 Å². The van der Waals surface area contributed by atoms with Crippen molar-refractivity contribution in [1.29, 1.82) is 0 Å². The SMILES string of the molecule is CC(S)CN(C)C(=O)OC(C)(C)C. The highest BCUT2D eigenvalue weighted by Gasteiger charge is 2.19. The third kappa shape index (κ3) is 6.75. The van der Waals surface area contributed by atoms with Gasteiger partial charge in [0.25, 0.3) is 0 Å². The van der Waals surface area contributed by atoms with Crippen molar-refractivity contribution in [3.8, 4) is 0 Å². The molecule has 0 rings (SSSR count). The Hall–Kier alpha value is -0.380. The summed E-state index contributed by atoms with van der Waals surface area (Å²) in [5, 5.41) is 0.164. The molecule has 1 amide bonds. The van der Waals surface area contributed by atoms with Gasteiger partial charge in [-0.1, -0.05) is 6.92 Å². The highest BCUT2D eigenvalue weighted by atomic mass is 32.1. The van der Waals surface area contributed by atoms with Gasteiger partial charge in [-0.3, -0.25) is 0 Å². The van der Waals surface area contributed by atoms with Gasteiger partial charge in [0, 0.05) is 18.8 Å². The van der Waals surface area contributed by atoms with Crippen molar-refractivity contribution in [2.45, 2.75) is 38.5 Å². The zero-order valence-corrected chi connectivity index (χ0v) is 9.89. The quantitative estimate of drug-likeness (QED) is 0.700. The molecule has 0 heterocycles. The summed E-state index contributed by atoms with van der Waals surface area (Å²) in [5.74, 6) is 0. The van der Waals surface area contributed by atoms with Crippen LogP contribution in [0.4, 0.5) is 4.79 Å². The zero-order chi connectivity index (χ0) is 10.6. The van der Waals surface area contributed by atoms with Crippen LogP contribution in [0.1, 0.15) is 27.7 Å². The summed E-state index contributed by atoms with van der Waals surface area (Å²) in [5.41, 5.74) is -0.425. The van der Waals surface area contributed by atoms with E-state index in [9.17, 15) is 4.79 Å². The maximum Gasteiger partial charge on any atom is 0.410 e. The van der Waals surface area contributed by atoms with E-state index in [1.165, 1.54) is 4.90 Å². The molecule has 0 fully saturated rings. The van der Waals surface area contributed by atoms with E-state index in [0.29, 0.717) is 6.54 Å². The maximum absolute atomic E-state index is 11.4. The molecule has 0 aromatic heterocycles. The Balaban J connectivity index is 3.97. The summed E-state index contributed by atoms with van der Waals surface area (Å²) in [4.78, 5) is 12.9. The Kier molecular flexibility index (Phi) is 4.61. The number of carbonyl (C=O) groups excluding carboxylic acids is 1. The van der Waals surface area contributed by atoms with E-state index in [2.05, 4.69) is 12.6 Å². The predicted molar refractivity (Wildman–Crippen MR) is 57.3 cm³/mol. The molecule has 3 nitrogen and oxygen atoms in total. The van der Waals surface area contributed by atoms with Gasteiger partial charge in [0.05, 0.1) is 0 Å². The molecule has 0 saturated heterocycles. The van der Waals surface area contributed by atoms with E-state index in [4.69, 9.17) is 4.74 Å². The Bertz CT molecular complexity index is 175. The summed E-state index contributed by atoms with van der Waals surface area (Å²) in [7, 11) is 1.71. The Morgan fingerprint density at radius 1 is 1.54 bits per heavy atom. The normalized spacial score (nSPS) is 13.7. The van der Waals surface area contributed by atoms with E-state index in [-0.39, 0.29) is 11.3 Å². The molecule has 0 N–H and O–H groups in total. The molecule has 0 aromatic carbocycles. The van der Waals surface area contributed by atoms with E-state index in [1.807, 2.05) is 27.7 Å². The summed E-state index contributed by atoms with van der Waals surface area (Å²) in [6, 6.07) is 0. The molecule has 4 heteroatoms. The topological polar surface area (TPSA) is 29.5 Å². The summed E-state index contributed by atoms with van der Waals surface area (Å²) < 4.78 is 5.15. The predicted octanol–water partition coefficient (Wildman–Crippen LogP) is 2.17. The van der Waals surface area contributed by atoms with Gasteiger partial charge in [0.15, 0.2) is 0 Å². The largest absolute Gasteiger partial charge is 0.444 e. The van der Waals surface area contributed by atoms with Crippen LogP contribution in [0.25, 0.3) is 0 Å². The number of rotatable bonds is 2. The lowest BCUT2D eigenvalue weighted by Gasteiger charge is -2.25. The molecular weight excluding hydrogens is 186 g/mol. The summed E-state index contributed by atoms with van der Waals surface area (Å²) >= 11 is 4.19.